The fourth-order valence-electron chi connectivity index (χ4n) is 3.71. The number of carboxylic acid groups (broad SMARTS) is 1. The first-order chi connectivity index (χ1) is 14.9. The number of nitrogens with zero attached hydrogens (tertiary/aromatic N) is 1. The molecule has 1 fully saturated rings. The minimum atomic E-state index is -1.74. The molecule has 1 saturated heterocycles. The van der Waals surface area contributed by atoms with Crippen molar-refractivity contribution in [2.24, 2.45) is 5.92 Å². The molecule has 2 aromatic heterocycles. The third kappa shape index (κ3) is 3.53. The number of ketones is 1. The first-order valence-corrected chi connectivity index (χ1v) is 9.52. The number of halogens is 1. The highest BCUT2D eigenvalue weighted by Gasteiger charge is 2.61. The van der Waals surface area contributed by atoms with Crippen molar-refractivity contribution in [3.05, 3.63) is 65.9 Å². The average Bonchev–Trinajstić information content (AvgIpc) is 3.29. The molecule has 0 saturated carbocycles. The zero-order valence-corrected chi connectivity index (χ0v) is 16.8. The Balaban J connectivity index is 1.81. The minimum absolute atomic E-state index is 0.129. The number of ether oxygens (including phenoxy) is 2. The van der Waals surface area contributed by atoms with E-state index in [0.717, 1.165) is 5.39 Å². The van der Waals surface area contributed by atoms with Crippen molar-refractivity contribution in [3.63, 3.8) is 0 Å². The number of allylic oxidation sites excluding steroid dienone is 1. The van der Waals surface area contributed by atoms with Gasteiger partial charge in [0.05, 0.1) is 0 Å². The second kappa shape index (κ2) is 7.84. The van der Waals surface area contributed by atoms with E-state index >= 15 is 0 Å². The van der Waals surface area contributed by atoms with Crippen LogP contribution in [0.1, 0.15) is 12.5 Å². The lowest BCUT2D eigenvalue weighted by Crippen LogP contribution is -2.56. The molecule has 1 aliphatic heterocycles. The number of Topliss-reactive ketones (excluding diaryl/α,β-unsaturated/α-hetero) is 1. The van der Waals surface area contributed by atoms with E-state index in [9.17, 15) is 19.1 Å². The Morgan fingerprint density at radius 3 is 2.81 bits per heavy atom. The standard InChI is InChI=1S/C22H20FN3O5/c1-12(30-2)22(26-15-7-5-14(23)6-8-15)18(21(28)29)19(27)17(31-22)10-13-11-25-20-16(13)4-3-9-24-20/h3-12,18,26H,1-2H3,(H,24,25)(H,28,29)/b17-10-. The topological polar surface area (TPSA) is 114 Å². The van der Waals surface area contributed by atoms with Crippen LogP contribution in [0.5, 0.6) is 0 Å². The third-order valence-electron chi connectivity index (χ3n) is 5.37. The summed E-state index contributed by atoms with van der Waals surface area (Å²) in [5.74, 6) is -4.25. The number of hydrogen-bond acceptors (Lipinski definition) is 6. The van der Waals surface area contributed by atoms with Gasteiger partial charge in [-0.05, 0) is 49.4 Å². The Hall–Kier alpha value is -3.72. The molecule has 1 aliphatic rings. The monoisotopic (exact) mass is 425 g/mol. The summed E-state index contributed by atoms with van der Waals surface area (Å²) in [6, 6.07) is 8.87. The third-order valence-corrected chi connectivity index (χ3v) is 5.37. The normalized spacial score (nSPS) is 23.1. The maximum Gasteiger partial charge on any atom is 0.320 e. The zero-order valence-electron chi connectivity index (χ0n) is 16.8. The summed E-state index contributed by atoms with van der Waals surface area (Å²) in [5, 5.41) is 13.6. The fourth-order valence-corrected chi connectivity index (χ4v) is 3.71. The van der Waals surface area contributed by atoms with Crippen LogP contribution >= 0.6 is 0 Å². The summed E-state index contributed by atoms with van der Waals surface area (Å²) in [4.78, 5) is 32.5. The lowest BCUT2D eigenvalue weighted by Gasteiger charge is -2.37. The number of carbonyl (C=O) groups is 2. The number of aromatic nitrogens is 2. The number of nitrogens with one attached hydrogen (secondary N) is 2. The molecular weight excluding hydrogens is 405 g/mol. The summed E-state index contributed by atoms with van der Waals surface area (Å²) >= 11 is 0. The van der Waals surface area contributed by atoms with Gasteiger partial charge in [0, 0.05) is 36.1 Å². The summed E-state index contributed by atoms with van der Waals surface area (Å²) in [7, 11) is 1.39. The first-order valence-electron chi connectivity index (χ1n) is 9.52. The average molecular weight is 425 g/mol. The van der Waals surface area contributed by atoms with E-state index in [1.54, 1.807) is 25.4 Å². The van der Waals surface area contributed by atoms with E-state index in [-0.39, 0.29) is 5.76 Å². The van der Waals surface area contributed by atoms with Crippen LogP contribution in [0.3, 0.4) is 0 Å². The highest BCUT2D eigenvalue weighted by molar-refractivity contribution is 6.12. The van der Waals surface area contributed by atoms with Crippen molar-refractivity contribution in [1.82, 2.24) is 9.97 Å². The zero-order chi connectivity index (χ0) is 22.2. The van der Waals surface area contributed by atoms with E-state index in [1.165, 1.54) is 37.5 Å². The molecule has 8 nitrogen and oxygen atoms in total. The largest absolute Gasteiger partial charge is 0.481 e. The number of benzene rings is 1. The first kappa shape index (κ1) is 20.5. The second-order valence-corrected chi connectivity index (χ2v) is 7.19. The van der Waals surface area contributed by atoms with E-state index < -0.39 is 35.3 Å². The molecular formula is C22H20FN3O5. The number of carbonyl (C=O) groups excluding carboxylic acids is 1. The molecule has 160 valence electrons. The van der Waals surface area contributed by atoms with Crippen molar-refractivity contribution < 1.29 is 28.6 Å². The molecule has 0 radical (unpaired) electrons. The number of pyridine rings is 1. The van der Waals surface area contributed by atoms with Gasteiger partial charge in [-0.25, -0.2) is 9.37 Å². The molecule has 3 heterocycles. The maximum atomic E-state index is 13.3. The Kier molecular flexibility index (Phi) is 5.20. The van der Waals surface area contributed by atoms with Gasteiger partial charge in [-0.2, -0.15) is 0 Å². The summed E-state index contributed by atoms with van der Waals surface area (Å²) in [5.41, 5.74) is -0.123. The Morgan fingerprint density at radius 2 is 2.13 bits per heavy atom. The number of carboxylic acids is 1. The van der Waals surface area contributed by atoms with Crippen LogP contribution in [0.2, 0.25) is 0 Å². The van der Waals surface area contributed by atoms with Gasteiger partial charge in [0.15, 0.2) is 11.7 Å². The number of aliphatic carboxylic acids is 1. The van der Waals surface area contributed by atoms with Crippen LogP contribution in [-0.4, -0.2) is 45.8 Å². The fraction of sp³-hybridized carbons (Fsp3) is 0.227. The quantitative estimate of drug-likeness (QED) is 0.411. The van der Waals surface area contributed by atoms with Gasteiger partial charge in [0.2, 0.25) is 11.5 Å². The summed E-state index contributed by atoms with van der Waals surface area (Å²) < 4.78 is 24.7. The molecule has 9 heteroatoms. The smallest absolute Gasteiger partial charge is 0.320 e. The Labute approximate surface area is 176 Å². The molecule has 1 aromatic carbocycles. The van der Waals surface area contributed by atoms with Gasteiger partial charge in [-0.15, -0.1) is 0 Å². The van der Waals surface area contributed by atoms with Crippen molar-refractivity contribution in [2.45, 2.75) is 18.8 Å². The maximum absolute atomic E-state index is 13.3. The minimum Gasteiger partial charge on any atom is -0.481 e. The molecule has 0 spiro atoms. The van der Waals surface area contributed by atoms with Gasteiger partial charge in [0.25, 0.3) is 0 Å². The molecule has 0 amide bonds. The summed E-state index contributed by atoms with van der Waals surface area (Å²) in [6.07, 6.45) is 3.92. The van der Waals surface area contributed by atoms with Crippen molar-refractivity contribution in [2.75, 3.05) is 12.4 Å². The second-order valence-electron chi connectivity index (χ2n) is 7.19. The van der Waals surface area contributed by atoms with Crippen LogP contribution in [0.4, 0.5) is 10.1 Å². The lowest BCUT2D eigenvalue weighted by atomic mass is 9.89. The predicted molar refractivity (Wildman–Crippen MR) is 111 cm³/mol. The van der Waals surface area contributed by atoms with Crippen LogP contribution < -0.4 is 5.32 Å². The number of hydrogen-bond donors (Lipinski definition) is 3. The Bertz CT molecular complexity index is 1170. The van der Waals surface area contributed by atoms with Crippen LogP contribution in [-0.2, 0) is 19.1 Å². The highest BCUT2D eigenvalue weighted by atomic mass is 19.1. The van der Waals surface area contributed by atoms with Crippen LogP contribution in [0.15, 0.2) is 54.6 Å². The molecule has 3 aromatic rings. The highest BCUT2D eigenvalue weighted by Crippen LogP contribution is 2.41. The molecule has 0 aliphatic carbocycles. The van der Waals surface area contributed by atoms with Crippen LogP contribution in [0, 0.1) is 11.7 Å². The predicted octanol–water partition coefficient (Wildman–Crippen LogP) is 3.19. The molecule has 3 unspecified atom stereocenters. The lowest BCUT2D eigenvalue weighted by molar-refractivity contribution is -0.155. The van der Waals surface area contributed by atoms with Crippen LogP contribution in [0.25, 0.3) is 17.1 Å². The number of rotatable bonds is 6. The van der Waals surface area contributed by atoms with E-state index in [2.05, 4.69) is 15.3 Å². The molecule has 31 heavy (non-hydrogen) atoms. The number of methoxy groups -OCH3 is 1. The van der Waals surface area contributed by atoms with Crippen molar-refractivity contribution in [3.8, 4) is 0 Å². The van der Waals surface area contributed by atoms with Gasteiger partial charge in [-0.1, -0.05) is 0 Å². The van der Waals surface area contributed by atoms with Crippen molar-refractivity contribution in [1.29, 1.82) is 0 Å². The molecule has 3 atom stereocenters. The van der Waals surface area contributed by atoms with E-state index in [0.29, 0.717) is 16.9 Å². The van der Waals surface area contributed by atoms with Crippen molar-refractivity contribution >= 4 is 34.5 Å². The summed E-state index contributed by atoms with van der Waals surface area (Å²) in [6.45, 7) is 1.60. The van der Waals surface area contributed by atoms with Gasteiger partial charge in [0.1, 0.15) is 17.6 Å². The van der Waals surface area contributed by atoms with E-state index in [1.807, 2.05) is 6.07 Å². The molecule has 3 N–H and O–H groups in total. The molecule has 0 bridgehead atoms. The van der Waals surface area contributed by atoms with Gasteiger partial charge in [-0.3, -0.25) is 9.59 Å². The van der Waals surface area contributed by atoms with Gasteiger partial charge < -0.3 is 24.9 Å². The number of H-pyrrole nitrogens is 1. The Morgan fingerprint density at radius 1 is 1.39 bits per heavy atom. The number of anilines is 1. The number of aromatic amines is 1. The SMILES string of the molecule is COC(C)C1(Nc2ccc(F)cc2)O/C(=C\c2c[nH]c3ncccc23)C(=O)C1C(=O)O. The van der Waals surface area contributed by atoms with Gasteiger partial charge >= 0.3 is 5.97 Å². The number of fused-ring (bicyclic) bond motifs is 1. The van der Waals surface area contributed by atoms with E-state index in [4.69, 9.17) is 9.47 Å². The molecule has 4 rings (SSSR count).